The molecule has 0 aliphatic carbocycles. The first-order chi connectivity index (χ1) is 12.1. The number of hydrogen-bond donors (Lipinski definition) is 0. The van der Waals surface area contributed by atoms with E-state index < -0.39 is 0 Å². The summed E-state index contributed by atoms with van der Waals surface area (Å²) >= 11 is 1.42. The summed E-state index contributed by atoms with van der Waals surface area (Å²) in [7, 11) is 1.93. The van der Waals surface area contributed by atoms with Crippen molar-refractivity contribution in [2.45, 2.75) is 25.4 Å². The maximum Gasteiger partial charge on any atom is 0.191 e. The highest BCUT2D eigenvalue weighted by atomic mass is 32.2. The first-order valence-electron chi connectivity index (χ1n) is 8.30. The Labute approximate surface area is 152 Å². The zero-order valence-corrected chi connectivity index (χ0v) is 15.5. The minimum Gasteiger partial charge on any atom is -0.305 e. The van der Waals surface area contributed by atoms with Gasteiger partial charge in [0, 0.05) is 18.2 Å². The van der Waals surface area contributed by atoms with E-state index in [-0.39, 0.29) is 5.78 Å². The van der Waals surface area contributed by atoms with Gasteiger partial charge in [-0.2, -0.15) is 0 Å². The lowest BCUT2D eigenvalue weighted by Crippen LogP contribution is -2.04. The lowest BCUT2D eigenvalue weighted by molar-refractivity contribution is 0.102. The molecule has 0 spiro atoms. The quantitative estimate of drug-likeness (QED) is 0.490. The van der Waals surface area contributed by atoms with Crippen LogP contribution in [0.5, 0.6) is 0 Å². The number of aryl methyl sites for hydroxylation is 2. The Morgan fingerprint density at radius 3 is 2.36 bits per heavy atom. The molecule has 4 nitrogen and oxygen atoms in total. The van der Waals surface area contributed by atoms with E-state index >= 15 is 0 Å². The molecule has 0 saturated heterocycles. The summed E-state index contributed by atoms with van der Waals surface area (Å²) < 4.78 is 1.93. The number of ketones is 1. The molecule has 25 heavy (non-hydrogen) atoms. The van der Waals surface area contributed by atoms with Crippen LogP contribution in [0.3, 0.4) is 0 Å². The number of rotatable bonds is 6. The van der Waals surface area contributed by atoms with Crippen LogP contribution in [-0.2, 0) is 13.5 Å². The zero-order chi connectivity index (χ0) is 17.8. The van der Waals surface area contributed by atoms with Crippen molar-refractivity contribution in [2.75, 3.05) is 5.75 Å². The topological polar surface area (TPSA) is 47.8 Å². The second kappa shape index (κ2) is 7.66. The van der Waals surface area contributed by atoms with Crippen molar-refractivity contribution in [1.82, 2.24) is 14.8 Å². The van der Waals surface area contributed by atoms with Gasteiger partial charge in [-0.15, -0.1) is 10.2 Å². The Kier molecular flexibility index (Phi) is 5.34. The van der Waals surface area contributed by atoms with Crippen molar-refractivity contribution in [3.05, 3.63) is 65.2 Å². The molecule has 0 atom stereocenters. The molecule has 0 N–H and O–H groups in total. The van der Waals surface area contributed by atoms with Crippen LogP contribution in [0.2, 0.25) is 0 Å². The van der Waals surface area contributed by atoms with Gasteiger partial charge in [-0.1, -0.05) is 72.8 Å². The van der Waals surface area contributed by atoms with Crippen molar-refractivity contribution < 1.29 is 4.79 Å². The second-order valence-corrected chi connectivity index (χ2v) is 6.94. The van der Waals surface area contributed by atoms with Gasteiger partial charge in [-0.05, 0) is 18.9 Å². The molecule has 3 rings (SSSR count). The molecule has 0 aliphatic heterocycles. The van der Waals surface area contributed by atoms with Crippen LogP contribution in [0, 0.1) is 6.92 Å². The first kappa shape index (κ1) is 17.4. The van der Waals surface area contributed by atoms with Crippen LogP contribution >= 0.6 is 11.8 Å². The Balaban J connectivity index is 1.69. The summed E-state index contributed by atoms with van der Waals surface area (Å²) in [5.74, 6) is 1.26. The van der Waals surface area contributed by atoms with Gasteiger partial charge in [0.1, 0.15) is 0 Å². The summed E-state index contributed by atoms with van der Waals surface area (Å²) in [5, 5.41) is 9.25. The normalized spacial score (nSPS) is 10.8. The van der Waals surface area contributed by atoms with E-state index in [4.69, 9.17) is 0 Å². The monoisotopic (exact) mass is 351 g/mol. The van der Waals surface area contributed by atoms with Crippen LogP contribution in [0.15, 0.2) is 53.7 Å². The maximum atomic E-state index is 12.4. The molecular formula is C20H21N3OS. The predicted octanol–water partition coefficient (Wildman–Crippen LogP) is 4.33. The van der Waals surface area contributed by atoms with Gasteiger partial charge in [0.2, 0.25) is 0 Å². The van der Waals surface area contributed by atoms with Crippen molar-refractivity contribution in [1.29, 1.82) is 0 Å². The van der Waals surface area contributed by atoms with E-state index in [1.165, 1.54) is 22.9 Å². The fourth-order valence-electron chi connectivity index (χ4n) is 2.53. The summed E-state index contributed by atoms with van der Waals surface area (Å²) in [6.07, 6.45) is 0.976. The molecule has 1 aromatic heterocycles. The number of Topliss-reactive ketones (excluding diaryl/α,β-unsaturated/α-hetero) is 1. The Morgan fingerprint density at radius 2 is 1.72 bits per heavy atom. The summed E-state index contributed by atoms with van der Waals surface area (Å²) in [6, 6.07) is 16.0. The third-order valence-corrected chi connectivity index (χ3v) is 5.18. The van der Waals surface area contributed by atoms with E-state index in [2.05, 4.69) is 36.2 Å². The molecule has 5 heteroatoms. The average molecular weight is 351 g/mol. The van der Waals surface area contributed by atoms with Crippen molar-refractivity contribution in [2.24, 2.45) is 7.05 Å². The van der Waals surface area contributed by atoms with Crippen LogP contribution in [0.25, 0.3) is 11.4 Å². The molecule has 128 valence electrons. The molecule has 0 amide bonds. The van der Waals surface area contributed by atoms with Crippen molar-refractivity contribution >= 4 is 17.5 Å². The van der Waals surface area contributed by atoms with Gasteiger partial charge in [0.05, 0.1) is 5.75 Å². The third-order valence-electron chi connectivity index (χ3n) is 4.16. The fraction of sp³-hybridized carbons (Fsp3) is 0.250. The maximum absolute atomic E-state index is 12.4. The number of benzene rings is 2. The number of carbonyl (C=O) groups is 1. The smallest absolute Gasteiger partial charge is 0.191 e. The molecule has 0 radical (unpaired) electrons. The van der Waals surface area contributed by atoms with E-state index in [0.717, 1.165) is 28.5 Å². The molecule has 0 bridgehead atoms. The SMILES string of the molecule is CCc1ccc(C(=O)CSc2nnc(-c3ccc(C)cc3)n2C)cc1. The summed E-state index contributed by atoms with van der Waals surface area (Å²) in [6.45, 7) is 4.16. The molecule has 0 aliphatic rings. The lowest BCUT2D eigenvalue weighted by Gasteiger charge is -2.05. The van der Waals surface area contributed by atoms with Crippen LogP contribution in [0.4, 0.5) is 0 Å². The zero-order valence-electron chi connectivity index (χ0n) is 14.7. The Bertz CT molecular complexity index is 867. The number of hydrogen-bond acceptors (Lipinski definition) is 4. The predicted molar refractivity (Wildman–Crippen MR) is 102 cm³/mol. The summed E-state index contributed by atoms with van der Waals surface area (Å²) in [4.78, 5) is 12.4. The first-order valence-corrected chi connectivity index (χ1v) is 9.28. The summed E-state index contributed by atoms with van der Waals surface area (Å²) in [5.41, 5.74) is 4.21. The van der Waals surface area contributed by atoms with Crippen LogP contribution in [-0.4, -0.2) is 26.3 Å². The van der Waals surface area contributed by atoms with Gasteiger partial charge in [-0.25, -0.2) is 0 Å². The number of aromatic nitrogens is 3. The van der Waals surface area contributed by atoms with Gasteiger partial charge in [0.15, 0.2) is 16.8 Å². The number of thioether (sulfide) groups is 1. The standard InChI is InChI=1S/C20H21N3OS/c1-4-15-7-11-16(12-8-15)18(24)13-25-20-22-21-19(23(20)3)17-9-5-14(2)6-10-17/h5-12H,4,13H2,1-3H3. The largest absolute Gasteiger partial charge is 0.305 e. The van der Waals surface area contributed by atoms with Gasteiger partial charge >= 0.3 is 0 Å². The van der Waals surface area contributed by atoms with E-state index in [9.17, 15) is 4.79 Å². The minimum atomic E-state index is 0.104. The molecule has 2 aromatic carbocycles. The van der Waals surface area contributed by atoms with Crippen LogP contribution in [0.1, 0.15) is 28.4 Å². The fourth-order valence-corrected chi connectivity index (χ4v) is 3.34. The number of carbonyl (C=O) groups excluding carboxylic acids is 1. The highest BCUT2D eigenvalue weighted by molar-refractivity contribution is 7.99. The third kappa shape index (κ3) is 3.99. The molecule has 0 saturated carbocycles. The number of nitrogens with zero attached hydrogens (tertiary/aromatic N) is 3. The van der Waals surface area contributed by atoms with Gasteiger partial charge < -0.3 is 4.57 Å². The highest BCUT2D eigenvalue weighted by Gasteiger charge is 2.13. The Hall–Kier alpha value is -2.40. The van der Waals surface area contributed by atoms with Crippen LogP contribution < -0.4 is 0 Å². The van der Waals surface area contributed by atoms with Crippen molar-refractivity contribution in [3.63, 3.8) is 0 Å². The van der Waals surface area contributed by atoms with E-state index in [1.54, 1.807) is 0 Å². The van der Waals surface area contributed by atoms with Crippen molar-refractivity contribution in [3.8, 4) is 11.4 Å². The molecule has 1 heterocycles. The second-order valence-electron chi connectivity index (χ2n) is 5.99. The molecule has 3 aromatic rings. The highest BCUT2D eigenvalue weighted by Crippen LogP contribution is 2.23. The molecule has 0 unspecified atom stereocenters. The molecular weight excluding hydrogens is 330 g/mol. The minimum absolute atomic E-state index is 0.104. The molecule has 0 fully saturated rings. The van der Waals surface area contributed by atoms with E-state index in [1.807, 2.05) is 48.0 Å². The van der Waals surface area contributed by atoms with Gasteiger partial charge in [-0.3, -0.25) is 4.79 Å². The Morgan fingerprint density at radius 1 is 1.04 bits per heavy atom. The lowest BCUT2D eigenvalue weighted by atomic mass is 10.1. The van der Waals surface area contributed by atoms with Gasteiger partial charge in [0.25, 0.3) is 0 Å². The van der Waals surface area contributed by atoms with E-state index in [0.29, 0.717) is 5.75 Å². The average Bonchev–Trinajstić information content (AvgIpc) is 3.01.